The van der Waals surface area contributed by atoms with Crippen molar-refractivity contribution in [2.45, 2.75) is 30.7 Å². The largest absolute Gasteiger partial charge is 0.310 e. The van der Waals surface area contributed by atoms with Gasteiger partial charge in [0.2, 0.25) is 0 Å². The highest BCUT2D eigenvalue weighted by molar-refractivity contribution is 7.99. The number of benzene rings is 1. The molecule has 0 aliphatic carbocycles. The smallest absolute Gasteiger partial charge is 0.124 e. The minimum atomic E-state index is -0.127. The fourth-order valence-corrected chi connectivity index (χ4v) is 3.04. The second-order valence-electron chi connectivity index (χ2n) is 3.83. The third kappa shape index (κ3) is 2.52. The molecule has 1 unspecified atom stereocenters. The molecule has 0 saturated heterocycles. The molecular formula is C12H16FNS. The molecule has 1 aromatic carbocycles. The van der Waals surface area contributed by atoms with Gasteiger partial charge in [0.05, 0.1) is 0 Å². The van der Waals surface area contributed by atoms with Crippen LogP contribution in [0.2, 0.25) is 0 Å². The van der Waals surface area contributed by atoms with Gasteiger partial charge < -0.3 is 5.32 Å². The molecule has 3 heteroatoms. The lowest BCUT2D eigenvalue weighted by atomic mass is 10.0. The standard InChI is InChI=1S/C12H16FNS/c1-2-6-14-11-5-7-15-12-8-9(13)3-4-10(11)12/h3-4,8,11,14H,2,5-7H2,1H3. The van der Waals surface area contributed by atoms with Crippen LogP contribution in [0, 0.1) is 5.82 Å². The fourth-order valence-electron chi connectivity index (χ4n) is 1.89. The first-order valence-corrected chi connectivity index (χ1v) is 6.45. The van der Waals surface area contributed by atoms with Crippen molar-refractivity contribution in [3.05, 3.63) is 29.6 Å². The maximum absolute atomic E-state index is 13.0. The van der Waals surface area contributed by atoms with Crippen molar-refractivity contribution in [2.75, 3.05) is 12.3 Å². The SMILES string of the molecule is CCCNC1CCSc2cc(F)ccc21. The lowest BCUT2D eigenvalue weighted by molar-refractivity contribution is 0.507. The van der Waals surface area contributed by atoms with E-state index in [2.05, 4.69) is 12.2 Å². The number of hydrogen-bond acceptors (Lipinski definition) is 2. The first-order valence-electron chi connectivity index (χ1n) is 5.47. The van der Waals surface area contributed by atoms with Crippen LogP contribution in [-0.2, 0) is 0 Å². The van der Waals surface area contributed by atoms with Crippen LogP contribution >= 0.6 is 11.8 Å². The summed E-state index contributed by atoms with van der Waals surface area (Å²) in [7, 11) is 0. The number of halogens is 1. The van der Waals surface area contributed by atoms with Gasteiger partial charge in [0.15, 0.2) is 0 Å². The Labute approximate surface area is 94.5 Å². The summed E-state index contributed by atoms with van der Waals surface area (Å²) in [5.41, 5.74) is 1.26. The topological polar surface area (TPSA) is 12.0 Å². The molecule has 0 fully saturated rings. The van der Waals surface area contributed by atoms with Crippen molar-refractivity contribution >= 4 is 11.8 Å². The van der Waals surface area contributed by atoms with Gasteiger partial charge in [-0.2, -0.15) is 0 Å². The van der Waals surface area contributed by atoms with E-state index in [1.807, 2.05) is 6.07 Å². The molecule has 1 nitrogen and oxygen atoms in total. The maximum Gasteiger partial charge on any atom is 0.124 e. The summed E-state index contributed by atoms with van der Waals surface area (Å²) < 4.78 is 13.0. The summed E-state index contributed by atoms with van der Waals surface area (Å²) in [5, 5.41) is 3.51. The van der Waals surface area contributed by atoms with E-state index >= 15 is 0 Å². The van der Waals surface area contributed by atoms with Crippen LogP contribution in [0.15, 0.2) is 23.1 Å². The summed E-state index contributed by atoms with van der Waals surface area (Å²) in [4.78, 5) is 1.11. The highest BCUT2D eigenvalue weighted by Gasteiger charge is 2.19. The lowest BCUT2D eigenvalue weighted by Crippen LogP contribution is -2.25. The quantitative estimate of drug-likeness (QED) is 0.846. The zero-order valence-corrected chi connectivity index (χ0v) is 9.74. The molecule has 1 heterocycles. The number of thioether (sulfide) groups is 1. The van der Waals surface area contributed by atoms with Crippen LogP contribution in [0.5, 0.6) is 0 Å². The van der Waals surface area contributed by atoms with E-state index in [0.29, 0.717) is 6.04 Å². The molecule has 82 valence electrons. The molecule has 0 saturated carbocycles. The number of fused-ring (bicyclic) bond motifs is 1. The Morgan fingerprint density at radius 1 is 1.53 bits per heavy atom. The van der Waals surface area contributed by atoms with Crippen molar-refractivity contribution in [3.63, 3.8) is 0 Å². The second-order valence-corrected chi connectivity index (χ2v) is 4.96. The van der Waals surface area contributed by atoms with Crippen LogP contribution in [0.25, 0.3) is 0 Å². The van der Waals surface area contributed by atoms with E-state index in [-0.39, 0.29) is 5.82 Å². The third-order valence-corrected chi connectivity index (χ3v) is 3.76. The van der Waals surface area contributed by atoms with E-state index in [4.69, 9.17) is 0 Å². The Kier molecular flexibility index (Phi) is 3.65. The minimum absolute atomic E-state index is 0.127. The van der Waals surface area contributed by atoms with E-state index in [1.165, 1.54) is 5.56 Å². The van der Waals surface area contributed by atoms with Gasteiger partial charge in [-0.15, -0.1) is 11.8 Å². The molecule has 1 aromatic rings. The lowest BCUT2D eigenvalue weighted by Gasteiger charge is -2.25. The molecule has 2 rings (SSSR count). The number of rotatable bonds is 3. The van der Waals surface area contributed by atoms with E-state index in [0.717, 1.165) is 30.0 Å². The first kappa shape index (κ1) is 11.0. The zero-order valence-electron chi connectivity index (χ0n) is 8.92. The molecule has 0 bridgehead atoms. The van der Waals surface area contributed by atoms with Crippen molar-refractivity contribution in [1.29, 1.82) is 0 Å². The Balaban J connectivity index is 2.18. The minimum Gasteiger partial charge on any atom is -0.310 e. The molecule has 15 heavy (non-hydrogen) atoms. The van der Waals surface area contributed by atoms with Gasteiger partial charge in [0.25, 0.3) is 0 Å². The normalized spacial score (nSPS) is 20.0. The van der Waals surface area contributed by atoms with Gasteiger partial charge in [0.1, 0.15) is 5.82 Å². The Morgan fingerprint density at radius 3 is 3.20 bits per heavy atom. The molecule has 1 N–H and O–H groups in total. The summed E-state index contributed by atoms with van der Waals surface area (Å²) in [6, 6.07) is 5.55. The Morgan fingerprint density at radius 2 is 2.40 bits per heavy atom. The van der Waals surface area contributed by atoms with Crippen molar-refractivity contribution in [2.24, 2.45) is 0 Å². The molecule has 1 aliphatic rings. The van der Waals surface area contributed by atoms with Crippen molar-refractivity contribution in [1.82, 2.24) is 5.32 Å². The average molecular weight is 225 g/mol. The average Bonchev–Trinajstić information content (AvgIpc) is 2.25. The Bertz CT molecular complexity index is 340. The summed E-state index contributed by atoms with van der Waals surface area (Å²) in [6.07, 6.45) is 2.28. The van der Waals surface area contributed by atoms with Gasteiger partial charge in [0, 0.05) is 10.9 Å². The van der Waals surface area contributed by atoms with Gasteiger partial charge in [-0.3, -0.25) is 0 Å². The second kappa shape index (κ2) is 4.99. The predicted octanol–water partition coefficient (Wildman–Crippen LogP) is 3.36. The van der Waals surface area contributed by atoms with Crippen molar-refractivity contribution in [3.8, 4) is 0 Å². The summed E-state index contributed by atoms with van der Waals surface area (Å²) in [6.45, 7) is 3.20. The monoisotopic (exact) mass is 225 g/mol. The van der Waals surface area contributed by atoms with Gasteiger partial charge >= 0.3 is 0 Å². The molecule has 0 amide bonds. The molecular weight excluding hydrogens is 209 g/mol. The molecule has 0 spiro atoms. The Hall–Kier alpha value is -0.540. The fraction of sp³-hybridized carbons (Fsp3) is 0.500. The van der Waals surface area contributed by atoms with Crippen LogP contribution in [0.3, 0.4) is 0 Å². The number of hydrogen-bond donors (Lipinski definition) is 1. The molecule has 1 aliphatic heterocycles. The van der Waals surface area contributed by atoms with Crippen LogP contribution in [0.1, 0.15) is 31.4 Å². The third-order valence-electron chi connectivity index (χ3n) is 2.66. The van der Waals surface area contributed by atoms with E-state index in [1.54, 1.807) is 23.9 Å². The summed E-state index contributed by atoms with van der Waals surface area (Å²) >= 11 is 1.76. The maximum atomic E-state index is 13.0. The van der Waals surface area contributed by atoms with Gasteiger partial charge in [-0.25, -0.2) is 4.39 Å². The molecule has 1 atom stereocenters. The highest BCUT2D eigenvalue weighted by atomic mass is 32.2. The van der Waals surface area contributed by atoms with Gasteiger partial charge in [-0.1, -0.05) is 13.0 Å². The predicted molar refractivity (Wildman–Crippen MR) is 62.8 cm³/mol. The highest BCUT2D eigenvalue weighted by Crippen LogP contribution is 2.36. The summed E-state index contributed by atoms with van der Waals surface area (Å²) in [5.74, 6) is 0.954. The van der Waals surface area contributed by atoms with E-state index < -0.39 is 0 Å². The van der Waals surface area contributed by atoms with Crippen LogP contribution in [0.4, 0.5) is 4.39 Å². The first-order chi connectivity index (χ1) is 7.31. The molecule has 0 aromatic heterocycles. The zero-order chi connectivity index (χ0) is 10.7. The van der Waals surface area contributed by atoms with Crippen LogP contribution < -0.4 is 5.32 Å². The molecule has 0 radical (unpaired) electrons. The number of nitrogens with one attached hydrogen (secondary N) is 1. The van der Waals surface area contributed by atoms with Crippen LogP contribution in [-0.4, -0.2) is 12.3 Å². The van der Waals surface area contributed by atoms with Gasteiger partial charge in [-0.05, 0) is 42.8 Å². The van der Waals surface area contributed by atoms with E-state index in [9.17, 15) is 4.39 Å². The van der Waals surface area contributed by atoms with Crippen molar-refractivity contribution < 1.29 is 4.39 Å².